The molecule has 0 fully saturated rings. The molecule has 0 saturated heterocycles. The normalized spacial score (nSPS) is 10.5. The SMILES string of the molecule is CCN(CC)C(=O)CCNCc1ccc(C)cc1Cl. The fourth-order valence-electron chi connectivity index (χ4n) is 1.95. The average molecular weight is 283 g/mol. The molecule has 0 heterocycles. The molecule has 0 bridgehead atoms. The fraction of sp³-hybridized carbons (Fsp3) is 0.533. The molecule has 0 radical (unpaired) electrons. The minimum absolute atomic E-state index is 0.201. The minimum Gasteiger partial charge on any atom is -0.343 e. The Labute approximate surface area is 120 Å². The summed E-state index contributed by atoms with van der Waals surface area (Å²) in [5, 5.41) is 4.04. The molecular formula is C15H23ClN2O. The molecule has 19 heavy (non-hydrogen) atoms. The van der Waals surface area contributed by atoms with Gasteiger partial charge in [-0.05, 0) is 38.0 Å². The van der Waals surface area contributed by atoms with Crippen molar-refractivity contribution in [3.8, 4) is 0 Å². The Hall–Kier alpha value is -1.06. The van der Waals surface area contributed by atoms with Crippen LogP contribution in [0.4, 0.5) is 0 Å². The van der Waals surface area contributed by atoms with Gasteiger partial charge in [0.15, 0.2) is 0 Å². The summed E-state index contributed by atoms with van der Waals surface area (Å²) in [6.45, 7) is 8.95. The van der Waals surface area contributed by atoms with Gasteiger partial charge < -0.3 is 10.2 Å². The van der Waals surface area contributed by atoms with Crippen LogP contribution in [0.25, 0.3) is 0 Å². The van der Waals surface area contributed by atoms with Gasteiger partial charge in [0.05, 0.1) is 0 Å². The standard InChI is InChI=1S/C15H23ClN2O/c1-4-18(5-2)15(19)8-9-17-11-13-7-6-12(3)10-14(13)16/h6-7,10,17H,4-5,8-9,11H2,1-3H3. The van der Waals surface area contributed by atoms with Gasteiger partial charge in [-0.2, -0.15) is 0 Å². The second kappa shape index (κ2) is 8.18. The van der Waals surface area contributed by atoms with Crippen LogP contribution in [-0.2, 0) is 11.3 Å². The van der Waals surface area contributed by atoms with Crippen molar-refractivity contribution >= 4 is 17.5 Å². The molecule has 3 nitrogen and oxygen atoms in total. The lowest BCUT2D eigenvalue weighted by Gasteiger charge is -2.18. The van der Waals surface area contributed by atoms with E-state index in [1.165, 1.54) is 0 Å². The number of nitrogens with zero attached hydrogens (tertiary/aromatic N) is 1. The Morgan fingerprint density at radius 1 is 1.32 bits per heavy atom. The third kappa shape index (κ3) is 5.21. The number of carbonyl (C=O) groups excluding carboxylic acids is 1. The summed E-state index contributed by atoms with van der Waals surface area (Å²) in [4.78, 5) is 13.6. The smallest absolute Gasteiger partial charge is 0.223 e. The first-order chi connectivity index (χ1) is 9.08. The summed E-state index contributed by atoms with van der Waals surface area (Å²) in [6.07, 6.45) is 0.533. The van der Waals surface area contributed by atoms with Crippen LogP contribution in [0.15, 0.2) is 18.2 Å². The quantitative estimate of drug-likeness (QED) is 0.780. The Balaban J connectivity index is 2.33. The van der Waals surface area contributed by atoms with Crippen LogP contribution in [0, 0.1) is 6.92 Å². The van der Waals surface area contributed by atoms with Crippen molar-refractivity contribution in [2.75, 3.05) is 19.6 Å². The Bertz CT molecular complexity index is 417. The van der Waals surface area contributed by atoms with Crippen molar-refractivity contribution in [3.63, 3.8) is 0 Å². The second-order valence-corrected chi connectivity index (χ2v) is 4.99. The maximum absolute atomic E-state index is 11.8. The van der Waals surface area contributed by atoms with Gasteiger partial charge in [-0.1, -0.05) is 23.7 Å². The van der Waals surface area contributed by atoms with Crippen LogP contribution >= 0.6 is 11.6 Å². The number of benzene rings is 1. The average Bonchev–Trinajstić information content (AvgIpc) is 2.38. The predicted molar refractivity (Wildman–Crippen MR) is 80.4 cm³/mol. The highest BCUT2D eigenvalue weighted by molar-refractivity contribution is 6.31. The first-order valence-corrected chi connectivity index (χ1v) is 7.19. The molecule has 1 N–H and O–H groups in total. The molecule has 0 aromatic heterocycles. The predicted octanol–water partition coefficient (Wildman–Crippen LogP) is 3.00. The highest BCUT2D eigenvalue weighted by Crippen LogP contribution is 2.17. The molecule has 0 atom stereocenters. The number of rotatable bonds is 7. The van der Waals surface area contributed by atoms with Crippen LogP contribution in [-0.4, -0.2) is 30.4 Å². The van der Waals surface area contributed by atoms with Gasteiger partial charge in [0, 0.05) is 37.6 Å². The number of halogens is 1. The van der Waals surface area contributed by atoms with E-state index in [9.17, 15) is 4.79 Å². The fourth-order valence-corrected chi connectivity index (χ4v) is 2.25. The summed E-state index contributed by atoms with van der Waals surface area (Å²) < 4.78 is 0. The number of amides is 1. The van der Waals surface area contributed by atoms with Crippen molar-refractivity contribution in [2.24, 2.45) is 0 Å². The largest absolute Gasteiger partial charge is 0.343 e. The van der Waals surface area contributed by atoms with E-state index >= 15 is 0 Å². The molecule has 0 aliphatic rings. The third-order valence-corrected chi connectivity index (χ3v) is 3.51. The van der Waals surface area contributed by atoms with Gasteiger partial charge in [-0.15, -0.1) is 0 Å². The molecular weight excluding hydrogens is 260 g/mol. The van der Waals surface area contributed by atoms with Crippen molar-refractivity contribution in [2.45, 2.75) is 33.7 Å². The van der Waals surface area contributed by atoms with E-state index in [2.05, 4.69) is 5.32 Å². The van der Waals surface area contributed by atoms with Crippen LogP contribution in [0.1, 0.15) is 31.4 Å². The van der Waals surface area contributed by atoms with Gasteiger partial charge in [-0.25, -0.2) is 0 Å². The lowest BCUT2D eigenvalue weighted by atomic mass is 10.1. The van der Waals surface area contributed by atoms with Crippen molar-refractivity contribution in [1.82, 2.24) is 10.2 Å². The zero-order chi connectivity index (χ0) is 14.3. The summed E-state index contributed by atoms with van der Waals surface area (Å²) in [7, 11) is 0. The first kappa shape index (κ1) is 16.0. The van der Waals surface area contributed by atoms with E-state index in [1.807, 2.05) is 43.9 Å². The van der Waals surface area contributed by atoms with Crippen LogP contribution in [0.5, 0.6) is 0 Å². The highest BCUT2D eigenvalue weighted by Gasteiger charge is 2.08. The van der Waals surface area contributed by atoms with Gasteiger partial charge in [0.25, 0.3) is 0 Å². The summed E-state index contributed by atoms with van der Waals surface area (Å²) >= 11 is 6.15. The number of carbonyl (C=O) groups is 1. The van der Waals surface area contributed by atoms with Crippen LogP contribution in [0.2, 0.25) is 5.02 Å². The number of hydrogen-bond acceptors (Lipinski definition) is 2. The maximum atomic E-state index is 11.8. The van der Waals surface area contributed by atoms with Gasteiger partial charge in [0.1, 0.15) is 0 Å². The zero-order valence-electron chi connectivity index (χ0n) is 12.0. The van der Waals surface area contributed by atoms with Crippen molar-refractivity contribution in [1.29, 1.82) is 0 Å². The Morgan fingerprint density at radius 3 is 2.58 bits per heavy atom. The van der Waals surface area contributed by atoms with Gasteiger partial charge in [-0.3, -0.25) is 4.79 Å². The Morgan fingerprint density at radius 2 is 2.00 bits per heavy atom. The summed E-state index contributed by atoms with van der Waals surface area (Å²) in [5.74, 6) is 0.201. The minimum atomic E-state index is 0.201. The molecule has 0 unspecified atom stereocenters. The van der Waals surface area contributed by atoms with E-state index in [0.717, 1.165) is 29.2 Å². The number of aryl methyl sites for hydroxylation is 1. The zero-order valence-corrected chi connectivity index (χ0v) is 12.8. The molecule has 1 aromatic rings. The number of hydrogen-bond donors (Lipinski definition) is 1. The van der Waals surface area contributed by atoms with E-state index in [-0.39, 0.29) is 5.91 Å². The van der Waals surface area contributed by atoms with E-state index in [4.69, 9.17) is 11.6 Å². The lowest BCUT2D eigenvalue weighted by Crippen LogP contribution is -2.32. The van der Waals surface area contributed by atoms with E-state index < -0.39 is 0 Å². The van der Waals surface area contributed by atoms with Gasteiger partial charge >= 0.3 is 0 Å². The molecule has 0 spiro atoms. The highest BCUT2D eigenvalue weighted by atomic mass is 35.5. The second-order valence-electron chi connectivity index (χ2n) is 4.59. The monoisotopic (exact) mass is 282 g/mol. The van der Waals surface area contributed by atoms with Crippen molar-refractivity contribution < 1.29 is 4.79 Å². The van der Waals surface area contributed by atoms with Crippen LogP contribution < -0.4 is 5.32 Å². The Kier molecular flexibility index (Phi) is 6.89. The topological polar surface area (TPSA) is 32.3 Å². The molecule has 1 aromatic carbocycles. The van der Waals surface area contributed by atoms with E-state index in [1.54, 1.807) is 0 Å². The van der Waals surface area contributed by atoms with Gasteiger partial charge in [0.2, 0.25) is 5.91 Å². The molecule has 4 heteroatoms. The molecule has 0 aliphatic heterocycles. The summed E-state index contributed by atoms with van der Waals surface area (Å²) in [6, 6.07) is 6.03. The summed E-state index contributed by atoms with van der Waals surface area (Å²) in [5.41, 5.74) is 2.23. The first-order valence-electron chi connectivity index (χ1n) is 6.82. The van der Waals surface area contributed by atoms with Crippen molar-refractivity contribution in [3.05, 3.63) is 34.3 Å². The lowest BCUT2D eigenvalue weighted by molar-refractivity contribution is -0.130. The molecule has 1 rings (SSSR count). The number of nitrogens with one attached hydrogen (secondary N) is 1. The molecule has 106 valence electrons. The third-order valence-electron chi connectivity index (χ3n) is 3.16. The molecule has 1 amide bonds. The van der Waals surface area contributed by atoms with E-state index in [0.29, 0.717) is 19.5 Å². The van der Waals surface area contributed by atoms with Crippen LogP contribution in [0.3, 0.4) is 0 Å². The molecule has 0 saturated carbocycles. The maximum Gasteiger partial charge on any atom is 0.223 e. The molecule has 0 aliphatic carbocycles.